The molecule has 2 heterocycles. The summed E-state index contributed by atoms with van der Waals surface area (Å²) < 4.78 is 0. The van der Waals surface area contributed by atoms with E-state index in [1.165, 1.54) is 6.20 Å². The van der Waals surface area contributed by atoms with Crippen LogP contribution in [0.1, 0.15) is 37.6 Å². The molecule has 0 atom stereocenters. The van der Waals surface area contributed by atoms with Crippen LogP contribution in [-0.2, 0) is 11.3 Å². The smallest absolute Gasteiger partial charge is 0.133 e. The maximum absolute atomic E-state index is 11.4. The third kappa shape index (κ3) is 6.37. The van der Waals surface area contributed by atoms with Gasteiger partial charge >= 0.3 is 0 Å². The molecule has 3 rings (SSSR count). The van der Waals surface area contributed by atoms with Gasteiger partial charge < -0.3 is 16.4 Å². The topological polar surface area (TPSA) is 92.9 Å². The fourth-order valence-corrected chi connectivity index (χ4v) is 4.04. The highest BCUT2D eigenvalue weighted by molar-refractivity contribution is 7.15. The van der Waals surface area contributed by atoms with Gasteiger partial charge in [0, 0.05) is 37.3 Å². The number of nitrogens with zero attached hydrogens (tertiary/aromatic N) is 2. The highest BCUT2D eigenvalue weighted by atomic mass is 32.1. The van der Waals surface area contributed by atoms with Gasteiger partial charge in [0.1, 0.15) is 16.6 Å². The highest BCUT2D eigenvalue weighted by Crippen LogP contribution is 2.26. The van der Waals surface area contributed by atoms with Crippen LogP contribution in [0.5, 0.6) is 0 Å². The molecule has 0 saturated heterocycles. The predicted octanol–water partition coefficient (Wildman–Crippen LogP) is 4.15. The molecule has 0 unspecified atom stereocenters. The van der Waals surface area contributed by atoms with Crippen LogP contribution in [0.3, 0.4) is 0 Å². The van der Waals surface area contributed by atoms with Crippen molar-refractivity contribution < 1.29 is 4.79 Å². The molecule has 7 heteroatoms. The van der Waals surface area contributed by atoms with Gasteiger partial charge in [0.15, 0.2) is 0 Å². The van der Waals surface area contributed by atoms with Crippen molar-refractivity contribution in [2.45, 2.75) is 45.2 Å². The predicted molar refractivity (Wildman–Crippen MR) is 119 cm³/mol. The van der Waals surface area contributed by atoms with Crippen molar-refractivity contribution >= 4 is 22.9 Å². The Morgan fingerprint density at radius 2 is 2.17 bits per heavy atom. The normalized spacial score (nSPS) is 15.8. The fraction of sp³-hybridized carbons (Fsp3) is 0.318. The average molecular weight is 410 g/mol. The summed E-state index contributed by atoms with van der Waals surface area (Å²) in [5.41, 5.74) is 8.02. The molecule has 0 aliphatic heterocycles. The number of ketones is 1. The third-order valence-corrected chi connectivity index (χ3v) is 5.71. The van der Waals surface area contributed by atoms with E-state index >= 15 is 0 Å². The van der Waals surface area contributed by atoms with Crippen LogP contribution in [0.2, 0.25) is 0 Å². The Bertz CT molecular complexity index is 921. The van der Waals surface area contributed by atoms with Gasteiger partial charge in [-0.2, -0.15) is 0 Å². The molecular weight excluding hydrogens is 382 g/mol. The molecule has 0 spiro atoms. The molecule has 1 aliphatic rings. The largest absolute Gasteiger partial charge is 0.405 e. The molecule has 1 aliphatic carbocycles. The van der Waals surface area contributed by atoms with E-state index in [9.17, 15) is 4.79 Å². The molecule has 0 aromatic carbocycles. The van der Waals surface area contributed by atoms with E-state index in [4.69, 9.17) is 5.73 Å². The third-order valence-electron chi connectivity index (χ3n) is 4.69. The molecule has 152 valence electrons. The number of nitrogens with one attached hydrogen (secondary N) is 2. The summed E-state index contributed by atoms with van der Waals surface area (Å²) in [6.45, 7) is 6.69. The molecule has 6 nitrogen and oxygen atoms in total. The lowest BCUT2D eigenvalue weighted by molar-refractivity contribution is -0.120. The number of nitrogens with two attached hydrogens (primary N) is 1. The van der Waals surface area contributed by atoms with Gasteiger partial charge in [0.25, 0.3) is 0 Å². The van der Waals surface area contributed by atoms with E-state index in [2.05, 4.69) is 27.2 Å². The minimum Gasteiger partial charge on any atom is -0.405 e. The number of pyridine rings is 1. The van der Waals surface area contributed by atoms with Crippen LogP contribution in [0, 0.1) is 0 Å². The first-order valence-corrected chi connectivity index (χ1v) is 10.5. The van der Waals surface area contributed by atoms with Crippen molar-refractivity contribution in [1.82, 2.24) is 15.3 Å². The van der Waals surface area contributed by atoms with Crippen molar-refractivity contribution in [2.24, 2.45) is 5.73 Å². The number of anilines is 1. The average Bonchev–Trinajstić information content (AvgIpc) is 3.17. The number of carbonyl (C=O) groups is 1. The van der Waals surface area contributed by atoms with Crippen molar-refractivity contribution in [2.75, 3.05) is 5.32 Å². The summed E-state index contributed by atoms with van der Waals surface area (Å²) in [6.07, 6.45) is 10.3. The molecule has 2 aromatic heterocycles. The second-order valence-corrected chi connectivity index (χ2v) is 8.23. The summed E-state index contributed by atoms with van der Waals surface area (Å²) in [7, 11) is 0. The van der Waals surface area contributed by atoms with Crippen LogP contribution in [0.15, 0.2) is 60.6 Å². The molecule has 1 fully saturated rings. The van der Waals surface area contributed by atoms with E-state index in [0.29, 0.717) is 24.7 Å². The van der Waals surface area contributed by atoms with Crippen LogP contribution in [0.4, 0.5) is 5.82 Å². The van der Waals surface area contributed by atoms with Crippen molar-refractivity contribution in [1.29, 1.82) is 0 Å². The molecule has 0 amide bonds. The highest BCUT2D eigenvalue weighted by Gasteiger charge is 2.18. The summed E-state index contributed by atoms with van der Waals surface area (Å²) in [5, 5.41) is 7.75. The summed E-state index contributed by atoms with van der Waals surface area (Å²) in [4.78, 5) is 21.6. The number of hydrogen-bond donors (Lipinski definition) is 3. The number of rotatable bonds is 8. The quantitative estimate of drug-likeness (QED) is 0.567. The van der Waals surface area contributed by atoms with E-state index in [0.717, 1.165) is 52.1 Å². The van der Waals surface area contributed by atoms with Crippen molar-refractivity contribution in [3.8, 4) is 10.6 Å². The molecule has 29 heavy (non-hydrogen) atoms. The van der Waals surface area contributed by atoms with Crippen molar-refractivity contribution in [3.63, 3.8) is 0 Å². The Morgan fingerprint density at radius 3 is 2.93 bits per heavy atom. The molecule has 0 bridgehead atoms. The summed E-state index contributed by atoms with van der Waals surface area (Å²) >= 11 is 1.63. The lowest BCUT2D eigenvalue weighted by Gasteiger charge is -2.21. The lowest BCUT2D eigenvalue weighted by atomic mass is 9.94. The van der Waals surface area contributed by atoms with Crippen LogP contribution in [0.25, 0.3) is 10.6 Å². The fourth-order valence-electron chi connectivity index (χ4n) is 3.20. The second-order valence-electron chi connectivity index (χ2n) is 7.12. The van der Waals surface area contributed by atoms with Gasteiger partial charge in [-0.3, -0.25) is 4.79 Å². The van der Waals surface area contributed by atoms with Gasteiger partial charge in [-0.15, -0.1) is 11.3 Å². The molecule has 1 saturated carbocycles. The van der Waals surface area contributed by atoms with Crippen LogP contribution in [-0.4, -0.2) is 21.8 Å². The second kappa shape index (κ2) is 10.1. The van der Waals surface area contributed by atoms with Crippen LogP contribution < -0.4 is 16.4 Å². The molecular formula is C22H27N5OS. The molecule has 2 aromatic rings. The first-order valence-electron chi connectivity index (χ1n) is 9.73. The number of aromatic nitrogens is 2. The van der Waals surface area contributed by atoms with Crippen molar-refractivity contribution in [3.05, 3.63) is 65.6 Å². The number of hydrogen-bond acceptors (Lipinski definition) is 7. The summed E-state index contributed by atoms with van der Waals surface area (Å²) in [5.74, 6) is 1.11. The van der Waals surface area contributed by atoms with Gasteiger partial charge in [-0.25, -0.2) is 9.97 Å². The maximum atomic E-state index is 11.4. The first kappa shape index (κ1) is 21.0. The number of Topliss-reactive ketones (excluding diaryl/α,β-unsaturated/α-hetero) is 1. The number of allylic oxidation sites excluding steroid dienone is 3. The van der Waals surface area contributed by atoms with E-state index in [1.54, 1.807) is 11.3 Å². The van der Waals surface area contributed by atoms with E-state index < -0.39 is 0 Å². The number of thiazole rings is 1. The van der Waals surface area contributed by atoms with Gasteiger partial charge in [0.2, 0.25) is 0 Å². The Kier molecular flexibility index (Phi) is 7.32. The standard InChI is InChI=1S/C22H27N5OS/c1-15(10-11-23)12-16(2)26-21-5-3-4-19(27-21)20-13-25-22(29-20)14-24-17-6-8-18(28)9-7-17/h3-5,10-13,17,24H,2,6-9,14,23H2,1H3,(H,26,27)/b11-10-,15-12-. The molecule has 4 N–H and O–H groups in total. The van der Waals surface area contributed by atoms with E-state index in [-0.39, 0.29) is 0 Å². The maximum Gasteiger partial charge on any atom is 0.133 e. The van der Waals surface area contributed by atoms with E-state index in [1.807, 2.05) is 43.5 Å². The SMILES string of the molecule is C=C(/C=C(C)\C=C/N)Nc1cccc(-c2cnc(CNC3CCC(=O)CC3)s2)n1. The Morgan fingerprint density at radius 1 is 1.38 bits per heavy atom. The zero-order chi connectivity index (χ0) is 20.6. The summed E-state index contributed by atoms with van der Waals surface area (Å²) in [6, 6.07) is 6.25. The number of carbonyl (C=O) groups excluding carboxylic acids is 1. The zero-order valence-corrected chi connectivity index (χ0v) is 17.5. The minimum absolute atomic E-state index is 0.378. The zero-order valence-electron chi connectivity index (χ0n) is 16.6. The Hall–Kier alpha value is -2.77. The first-order chi connectivity index (χ1) is 14.0. The van der Waals surface area contributed by atoms with Crippen LogP contribution >= 0.6 is 11.3 Å². The lowest BCUT2D eigenvalue weighted by Crippen LogP contribution is -2.32. The van der Waals surface area contributed by atoms with Gasteiger partial charge in [-0.05, 0) is 55.8 Å². The monoisotopic (exact) mass is 409 g/mol. The van der Waals surface area contributed by atoms with Gasteiger partial charge in [0.05, 0.1) is 10.6 Å². The Labute approximate surface area is 175 Å². The minimum atomic E-state index is 0.378. The van der Waals surface area contributed by atoms with Gasteiger partial charge in [-0.1, -0.05) is 12.6 Å². The Balaban J connectivity index is 1.60. The molecule has 0 radical (unpaired) electrons.